The average Bonchev–Trinajstić information content (AvgIpc) is 3.30. The number of benzene rings is 2. The summed E-state index contributed by atoms with van der Waals surface area (Å²) in [6.07, 6.45) is 1.80. The van der Waals surface area contributed by atoms with Gasteiger partial charge in [-0.05, 0) is 53.3 Å². The van der Waals surface area contributed by atoms with Crippen LogP contribution in [0, 0.1) is 6.92 Å². The number of amides is 1. The zero-order valence-corrected chi connectivity index (χ0v) is 22.5. The SMILES string of the molecule is Cc1c(NC(=O)c2ccc(C(C)(C)C)cc2)cccc1-c1cc(Nc2cc3n(n2)CCOC3)c(=O)n(C)c1. The van der Waals surface area contributed by atoms with Crippen molar-refractivity contribution in [1.29, 1.82) is 0 Å². The molecule has 2 aromatic carbocycles. The van der Waals surface area contributed by atoms with E-state index >= 15 is 0 Å². The number of anilines is 3. The number of ether oxygens (including phenoxy) is 1. The molecule has 8 heteroatoms. The minimum atomic E-state index is -0.166. The maximum absolute atomic E-state index is 13.0. The van der Waals surface area contributed by atoms with Crippen LogP contribution < -0.4 is 16.2 Å². The van der Waals surface area contributed by atoms with E-state index in [9.17, 15) is 9.59 Å². The second-order valence-corrected chi connectivity index (χ2v) is 10.7. The normalized spacial score (nSPS) is 13.2. The van der Waals surface area contributed by atoms with Crippen molar-refractivity contribution >= 4 is 23.1 Å². The van der Waals surface area contributed by atoms with Gasteiger partial charge in [-0.2, -0.15) is 5.10 Å². The van der Waals surface area contributed by atoms with E-state index in [4.69, 9.17) is 4.74 Å². The molecule has 2 N–H and O–H groups in total. The van der Waals surface area contributed by atoms with Crippen molar-refractivity contribution in [3.05, 3.63) is 93.5 Å². The van der Waals surface area contributed by atoms with E-state index in [1.54, 1.807) is 17.8 Å². The van der Waals surface area contributed by atoms with Crippen molar-refractivity contribution in [1.82, 2.24) is 14.3 Å². The largest absolute Gasteiger partial charge is 0.373 e. The summed E-state index contributed by atoms with van der Waals surface area (Å²) in [6, 6.07) is 17.2. The lowest BCUT2D eigenvalue weighted by Gasteiger charge is -2.19. The second kappa shape index (κ2) is 9.95. The maximum Gasteiger partial charge on any atom is 0.274 e. The number of hydrogen-bond acceptors (Lipinski definition) is 5. The highest BCUT2D eigenvalue weighted by Gasteiger charge is 2.17. The summed E-state index contributed by atoms with van der Waals surface area (Å²) >= 11 is 0. The molecule has 1 amide bonds. The molecule has 0 fully saturated rings. The Labute approximate surface area is 222 Å². The lowest BCUT2D eigenvalue weighted by atomic mass is 9.86. The van der Waals surface area contributed by atoms with Crippen LogP contribution in [0.3, 0.4) is 0 Å². The van der Waals surface area contributed by atoms with E-state index in [-0.39, 0.29) is 16.9 Å². The molecule has 0 unspecified atom stereocenters. The van der Waals surface area contributed by atoms with E-state index in [1.165, 1.54) is 5.56 Å². The number of carbonyl (C=O) groups is 1. The van der Waals surface area contributed by atoms with Crippen LogP contribution in [0.1, 0.15) is 48.0 Å². The number of pyridine rings is 1. The van der Waals surface area contributed by atoms with Crippen molar-refractivity contribution in [2.75, 3.05) is 17.2 Å². The molecule has 0 bridgehead atoms. The molecular formula is C30H33N5O3. The zero-order valence-electron chi connectivity index (χ0n) is 22.5. The minimum Gasteiger partial charge on any atom is -0.373 e. The summed E-state index contributed by atoms with van der Waals surface area (Å²) in [7, 11) is 1.73. The van der Waals surface area contributed by atoms with Gasteiger partial charge in [-0.25, -0.2) is 0 Å². The fourth-order valence-electron chi connectivity index (χ4n) is 4.64. The Morgan fingerprint density at radius 3 is 2.53 bits per heavy atom. The number of hydrogen-bond donors (Lipinski definition) is 2. The molecule has 0 aliphatic carbocycles. The predicted octanol–water partition coefficient (Wildman–Crippen LogP) is 5.38. The number of fused-ring (bicyclic) bond motifs is 1. The summed E-state index contributed by atoms with van der Waals surface area (Å²) < 4.78 is 8.94. The molecule has 8 nitrogen and oxygen atoms in total. The van der Waals surface area contributed by atoms with Crippen LogP contribution in [0.5, 0.6) is 0 Å². The third kappa shape index (κ3) is 5.13. The van der Waals surface area contributed by atoms with Crippen LogP contribution in [-0.4, -0.2) is 26.9 Å². The van der Waals surface area contributed by atoms with E-state index in [0.29, 0.717) is 36.8 Å². The Kier molecular flexibility index (Phi) is 6.67. The monoisotopic (exact) mass is 511 g/mol. The number of rotatable bonds is 5. The molecule has 0 atom stereocenters. The quantitative estimate of drug-likeness (QED) is 0.375. The fourth-order valence-corrected chi connectivity index (χ4v) is 4.64. The molecule has 0 radical (unpaired) electrons. The molecule has 3 heterocycles. The topological polar surface area (TPSA) is 90.2 Å². The third-order valence-electron chi connectivity index (χ3n) is 6.91. The van der Waals surface area contributed by atoms with Gasteiger partial charge < -0.3 is 19.9 Å². The Hall–Kier alpha value is -4.17. The number of aryl methyl sites for hydroxylation is 1. The molecule has 0 saturated heterocycles. The van der Waals surface area contributed by atoms with Gasteiger partial charge in [0.25, 0.3) is 11.5 Å². The first-order chi connectivity index (χ1) is 18.1. The van der Waals surface area contributed by atoms with Crippen LogP contribution in [0.4, 0.5) is 17.2 Å². The number of aromatic nitrogens is 3. The molecule has 0 spiro atoms. The van der Waals surface area contributed by atoms with Crippen LogP contribution in [0.25, 0.3) is 11.1 Å². The van der Waals surface area contributed by atoms with Gasteiger partial charge in [0, 0.05) is 36.1 Å². The fraction of sp³-hybridized carbons (Fsp3) is 0.300. The van der Waals surface area contributed by atoms with Crippen LogP contribution in [0.2, 0.25) is 0 Å². The highest BCUT2D eigenvalue weighted by atomic mass is 16.5. The van der Waals surface area contributed by atoms with Crippen molar-refractivity contribution in [3.63, 3.8) is 0 Å². The van der Waals surface area contributed by atoms with Crippen LogP contribution in [-0.2, 0) is 30.4 Å². The van der Waals surface area contributed by atoms with Gasteiger partial charge in [0.1, 0.15) is 5.69 Å². The molecule has 1 aliphatic rings. The molecule has 5 rings (SSSR count). The van der Waals surface area contributed by atoms with Gasteiger partial charge in [-0.15, -0.1) is 0 Å². The number of carbonyl (C=O) groups excluding carboxylic acids is 1. The molecule has 196 valence electrons. The highest BCUT2D eigenvalue weighted by Crippen LogP contribution is 2.30. The average molecular weight is 512 g/mol. The van der Waals surface area contributed by atoms with Crippen molar-refractivity contribution in [2.45, 2.75) is 46.3 Å². The molecular weight excluding hydrogens is 478 g/mol. The molecule has 1 aliphatic heterocycles. The van der Waals surface area contributed by atoms with Gasteiger partial charge in [-0.1, -0.05) is 45.0 Å². The molecule has 4 aromatic rings. The molecule has 38 heavy (non-hydrogen) atoms. The Morgan fingerprint density at radius 2 is 1.82 bits per heavy atom. The smallest absolute Gasteiger partial charge is 0.274 e. The van der Waals surface area contributed by atoms with Crippen molar-refractivity contribution in [3.8, 4) is 11.1 Å². The van der Waals surface area contributed by atoms with Crippen LogP contribution >= 0.6 is 0 Å². The third-order valence-corrected chi connectivity index (χ3v) is 6.91. The zero-order chi connectivity index (χ0) is 27.0. The summed E-state index contributed by atoms with van der Waals surface area (Å²) in [5, 5.41) is 10.8. The maximum atomic E-state index is 13.0. The summed E-state index contributed by atoms with van der Waals surface area (Å²) in [6.45, 7) is 10.2. The first-order valence-electron chi connectivity index (χ1n) is 12.7. The first kappa shape index (κ1) is 25.5. The molecule has 2 aromatic heterocycles. The predicted molar refractivity (Wildman–Crippen MR) is 150 cm³/mol. The number of nitrogens with one attached hydrogen (secondary N) is 2. The van der Waals surface area contributed by atoms with Crippen molar-refractivity contribution in [2.24, 2.45) is 7.05 Å². The summed E-state index contributed by atoms with van der Waals surface area (Å²) in [4.78, 5) is 26.0. The Bertz CT molecular complexity index is 1530. The number of nitrogens with zero attached hydrogens (tertiary/aromatic N) is 3. The molecule has 0 saturated carbocycles. The van der Waals surface area contributed by atoms with Gasteiger partial charge >= 0.3 is 0 Å². The summed E-state index contributed by atoms with van der Waals surface area (Å²) in [5.41, 5.74) is 6.44. The van der Waals surface area contributed by atoms with E-state index in [2.05, 4.69) is 36.5 Å². The lowest BCUT2D eigenvalue weighted by molar-refractivity contribution is 0.0801. The first-order valence-corrected chi connectivity index (χ1v) is 12.7. The van der Waals surface area contributed by atoms with E-state index in [1.807, 2.05) is 66.2 Å². The summed E-state index contributed by atoms with van der Waals surface area (Å²) in [5.74, 6) is 0.441. The van der Waals surface area contributed by atoms with Gasteiger partial charge in [0.2, 0.25) is 0 Å². The van der Waals surface area contributed by atoms with Gasteiger partial charge in [-0.3, -0.25) is 14.3 Å². The van der Waals surface area contributed by atoms with Gasteiger partial charge in [0.05, 0.1) is 25.5 Å². The van der Waals surface area contributed by atoms with E-state index < -0.39 is 0 Å². The van der Waals surface area contributed by atoms with Crippen LogP contribution in [0.15, 0.2) is 65.6 Å². The highest BCUT2D eigenvalue weighted by molar-refractivity contribution is 6.05. The Morgan fingerprint density at radius 1 is 1.05 bits per heavy atom. The van der Waals surface area contributed by atoms with E-state index in [0.717, 1.165) is 28.1 Å². The Balaban J connectivity index is 1.41. The van der Waals surface area contributed by atoms with Crippen molar-refractivity contribution < 1.29 is 9.53 Å². The standard InChI is InChI=1S/C30H33N5O3/c1-19-24(7-6-8-25(19)32-28(36)20-9-11-22(12-10-20)30(2,3)4)21-15-26(29(37)34(5)17-21)31-27-16-23-18-38-14-13-35(23)33-27/h6-12,15-17H,13-14,18H2,1-5H3,(H,31,33)(H,32,36). The van der Waals surface area contributed by atoms with Gasteiger partial charge in [0.15, 0.2) is 5.82 Å². The minimum absolute atomic E-state index is 0.0228. The second-order valence-electron chi connectivity index (χ2n) is 10.7. The lowest BCUT2D eigenvalue weighted by Crippen LogP contribution is -2.20.